The highest BCUT2D eigenvalue weighted by atomic mass is 16.8. The monoisotopic (exact) mass is 240 g/mol. The minimum atomic E-state index is -1.20. The molecule has 0 heterocycles. The second kappa shape index (κ2) is 5.97. The van der Waals surface area contributed by atoms with E-state index in [9.17, 15) is 9.59 Å². The summed E-state index contributed by atoms with van der Waals surface area (Å²) < 4.78 is 14.1. The summed E-state index contributed by atoms with van der Waals surface area (Å²) in [5.74, 6) is -2.03. The Morgan fingerprint density at radius 1 is 1.12 bits per heavy atom. The van der Waals surface area contributed by atoms with Gasteiger partial charge in [0.15, 0.2) is 0 Å². The molecule has 0 bridgehead atoms. The van der Waals surface area contributed by atoms with Crippen LogP contribution < -0.4 is 0 Å². The molecule has 1 aromatic carbocycles. The van der Waals surface area contributed by atoms with Crippen molar-refractivity contribution in [3.05, 3.63) is 35.4 Å². The van der Waals surface area contributed by atoms with Crippen LogP contribution in [0.5, 0.6) is 0 Å². The van der Waals surface area contributed by atoms with Gasteiger partial charge >= 0.3 is 18.4 Å². The predicted octanol–water partition coefficient (Wildman–Crippen LogP) is 1.12. The third-order valence-electron chi connectivity index (χ3n) is 1.97. The summed E-state index contributed by atoms with van der Waals surface area (Å²) in [6.45, 7) is -1.16. The predicted molar refractivity (Wildman–Crippen MR) is 56.6 cm³/mol. The van der Waals surface area contributed by atoms with Crippen LogP contribution in [0, 0.1) is 0 Å². The van der Waals surface area contributed by atoms with Crippen LogP contribution in [0.3, 0.4) is 0 Å². The molecule has 0 spiro atoms. The van der Waals surface area contributed by atoms with Crippen LogP contribution >= 0.6 is 0 Å². The van der Waals surface area contributed by atoms with E-state index in [1.807, 2.05) is 0 Å². The lowest BCUT2D eigenvalue weighted by molar-refractivity contribution is -0.235. The molecule has 92 valence electrons. The van der Waals surface area contributed by atoms with E-state index in [1.165, 1.54) is 38.5 Å². The first-order valence-electron chi connectivity index (χ1n) is 4.69. The van der Waals surface area contributed by atoms with Crippen molar-refractivity contribution in [1.29, 1.82) is 0 Å². The molecule has 17 heavy (non-hydrogen) atoms. The second-order valence-electron chi connectivity index (χ2n) is 3.02. The number of carbonyl (C=O) groups excluding carboxylic acids is 1. The molecule has 0 aliphatic rings. The number of aromatic carboxylic acids is 1. The molecule has 0 radical (unpaired) electrons. The summed E-state index contributed by atoms with van der Waals surface area (Å²) in [6.07, 6.45) is 0. The third kappa shape index (κ3) is 3.27. The van der Waals surface area contributed by atoms with Gasteiger partial charge in [0, 0.05) is 14.2 Å². The summed E-state index contributed by atoms with van der Waals surface area (Å²) in [4.78, 5) is 22.5. The lowest BCUT2D eigenvalue weighted by atomic mass is 10.1. The van der Waals surface area contributed by atoms with Gasteiger partial charge in [-0.25, -0.2) is 9.59 Å². The molecule has 6 nitrogen and oxygen atoms in total. The van der Waals surface area contributed by atoms with Gasteiger partial charge in [-0.2, -0.15) is 0 Å². The first-order valence-corrected chi connectivity index (χ1v) is 4.69. The van der Waals surface area contributed by atoms with Gasteiger partial charge in [0.25, 0.3) is 0 Å². The Morgan fingerprint density at radius 2 is 1.65 bits per heavy atom. The molecule has 0 aliphatic heterocycles. The second-order valence-corrected chi connectivity index (χ2v) is 3.02. The Labute approximate surface area is 97.7 Å². The molecule has 6 heteroatoms. The molecule has 0 atom stereocenters. The van der Waals surface area contributed by atoms with Gasteiger partial charge in [0.1, 0.15) is 0 Å². The van der Waals surface area contributed by atoms with Crippen molar-refractivity contribution >= 4 is 11.9 Å². The third-order valence-corrected chi connectivity index (χ3v) is 1.97. The highest BCUT2D eigenvalue weighted by Crippen LogP contribution is 2.11. The molecule has 0 unspecified atom stereocenters. The van der Waals surface area contributed by atoms with Crippen molar-refractivity contribution < 1.29 is 28.9 Å². The van der Waals surface area contributed by atoms with E-state index in [0.29, 0.717) is 0 Å². The van der Waals surface area contributed by atoms with Gasteiger partial charge in [-0.1, -0.05) is 12.1 Å². The van der Waals surface area contributed by atoms with E-state index in [2.05, 4.69) is 9.47 Å². The van der Waals surface area contributed by atoms with Crippen molar-refractivity contribution in [1.82, 2.24) is 0 Å². The fourth-order valence-corrected chi connectivity index (χ4v) is 1.19. The number of carbonyl (C=O) groups is 2. The van der Waals surface area contributed by atoms with E-state index in [-0.39, 0.29) is 11.1 Å². The van der Waals surface area contributed by atoms with E-state index < -0.39 is 18.4 Å². The normalized spacial score (nSPS) is 10.3. The Balaban J connectivity index is 2.92. The van der Waals surface area contributed by atoms with E-state index in [0.717, 1.165) is 0 Å². The smallest absolute Gasteiger partial charge is 0.343 e. The molecule has 0 fully saturated rings. The highest BCUT2D eigenvalue weighted by Gasteiger charge is 2.20. The number of carboxylic acid groups (broad SMARTS) is 1. The maximum Gasteiger partial charge on any atom is 0.343 e. The highest BCUT2D eigenvalue weighted by molar-refractivity contribution is 6.02. The lowest BCUT2D eigenvalue weighted by Gasteiger charge is -2.14. The number of hydrogen-bond donors (Lipinski definition) is 1. The molecule has 1 aromatic rings. The summed E-state index contributed by atoms with van der Waals surface area (Å²) in [5, 5.41) is 8.89. The molecule has 0 aliphatic carbocycles. The van der Waals surface area contributed by atoms with E-state index in [4.69, 9.17) is 9.84 Å². The van der Waals surface area contributed by atoms with Crippen molar-refractivity contribution in [3.63, 3.8) is 0 Å². The van der Waals surface area contributed by atoms with Crippen molar-refractivity contribution in [3.8, 4) is 0 Å². The largest absolute Gasteiger partial charge is 0.478 e. The lowest BCUT2D eigenvalue weighted by Crippen LogP contribution is -2.23. The van der Waals surface area contributed by atoms with Crippen LogP contribution in [0.2, 0.25) is 0 Å². The molecule has 0 saturated carbocycles. The average molecular weight is 240 g/mol. The number of ether oxygens (including phenoxy) is 3. The first-order chi connectivity index (χ1) is 8.10. The first kappa shape index (κ1) is 13.1. The number of hydrogen-bond acceptors (Lipinski definition) is 5. The zero-order valence-corrected chi connectivity index (χ0v) is 9.38. The summed E-state index contributed by atoms with van der Waals surface area (Å²) in [5.41, 5.74) is -0.192. The summed E-state index contributed by atoms with van der Waals surface area (Å²) >= 11 is 0. The minimum Gasteiger partial charge on any atom is -0.478 e. The molecule has 0 aromatic heterocycles. The standard InChI is InChI=1S/C11H12O6/c1-15-11(16-2)17-10(14)8-6-4-3-5-7(8)9(12)13/h3-6,11H,1-2H3,(H,12,13). The van der Waals surface area contributed by atoms with Gasteiger partial charge in [-0.3, -0.25) is 0 Å². The fraction of sp³-hybridized carbons (Fsp3) is 0.273. The Bertz CT molecular complexity index is 410. The van der Waals surface area contributed by atoms with Crippen molar-refractivity contribution in [2.45, 2.75) is 6.48 Å². The molecule has 0 amide bonds. The molecule has 0 saturated heterocycles. The fourth-order valence-electron chi connectivity index (χ4n) is 1.19. The SMILES string of the molecule is COC(OC)OC(=O)c1ccccc1C(=O)O. The average Bonchev–Trinajstić information content (AvgIpc) is 2.35. The van der Waals surface area contributed by atoms with Gasteiger partial charge in [-0.05, 0) is 12.1 Å². The van der Waals surface area contributed by atoms with Crippen LogP contribution in [0.15, 0.2) is 24.3 Å². The van der Waals surface area contributed by atoms with E-state index >= 15 is 0 Å². The van der Waals surface area contributed by atoms with Crippen molar-refractivity contribution in [2.75, 3.05) is 14.2 Å². The number of methoxy groups -OCH3 is 2. The maximum atomic E-state index is 11.7. The number of esters is 1. The molecule has 1 rings (SSSR count). The van der Waals surface area contributed by atoms with E-state index in [1.54, 1.807) is 0 Å². The van der Waals surface area contributed by atoms with Crippen molar-refractivity contribution in [2.24, 2.45) is 0 Å². The van der Waals surface area contributed by atoms with Gasteiger partial charge in [0.05, 0.1) is 11.1 Å². The van der Waals surface area contributed by atoms with Crippen LogP contribution in [-0.4, -0.2) is 37.7 Å². The van der Waals surface area contributed by atoms with Crippen LogP contribution in [0.25, 0.3) is 0 Å². The zero-order chi connectivity index (χ0) is 12.8. The Morgan fingerprint density at radius 3 is 2.12 bits per heavy atom. The molecular formula is C11H12O6. The maximum absolute atomic E-state index is 11.7. The Hall–Kier alpha value is -1.92. The summed E-state index contributed by atoms with van der Waals surface area (Å²) in [6, 6.07) is 5.73. The Kier molecular flexibility index (Phi) is 4.62. The topological polar surface area (TPSA) is 82.1 Å². The number of benzene rings is 1. The molecular weight excluding hydrogens is 228 g/mol. The van der Waals surface area contributed by atoms with Gasteiger partial charge in [-0.15, -0.1) is 0 Å². The summed E-state index contributed by atoms with van der Waals surface area (Å²) in [7, 11) is 2.59. The number of rotatable bonds is 5. The van der Waals surface area contributed by atoms with Gasteiger partial charge < -0.3 is 19.3 Å². The number of carboxylic acids is 1. The minimum absolute atomic E-state index is 0.0564. The molecule has 1 N–H and O–H groups in total. The van der Waals surface area contributed by atoms with Crippen LogP contribution in [0.1, 0.15) is 20.7 Å². The van der Waals surface area contributed by atoms with Crippen LogP contribution in [0.4, 0.5) is 0 Å². The van der Waals surface area contributed by atoms with Gasteiger partial charge in [0.2, 0.25) is 0 Å². The quantitative estimate of drug-likeness (QED) is 0.613. The van der Waals surface area contributed by atoms with Crippen LogP contribution in [-0.2, 0) is 14.2 Å². The zero-order valence-electron chi connectivity index (χ0n) is 9.38.